The van der Waals surface area contributed by atoms with E-state index >= 15 is 0 Å². The van der Waals surface area contributed by atoms with Gasteiger partial charge in [-0.25, -0.2) is 0 Å². The van der Waals surface area contributed by atoms with Gasteiger partial charge in [-0.2, -0.15) is 0 Å². The Balaban J connectivity index is 0.00000169. The van der Waals surface area contributed by atoms with E-state index in [9.17, 15) is 0 Å². The summed E-state index contributed by atoms with van der Waals surface area (Å²) in [6, 6.07) is 7.43. The predicted molar refractivity (Wildman–Crippen MR) is 61.3 cm³/mol. The fourth-order valence-electron chi connectivity index (χ4n) is 0.824. The molecule has 0 aromatic heterocycles. The third kappa shape index (κ3) is 4.79. The lowest BCUT2D eigenvalue weighted by Crippen LogP contribution is -2.26. The first-order chi connectivity index (χ1) is 6.18. The molecule has 1 aromatic carbocycles. The second kappa shape index (κ2) is 6.34. The molecule has 4 nitrogen and oxygen atoms in total. The first kappa shape index (κ1) is 12.9. The molecule has 0 saturated heterocycles. The van der Waals surface area contributed by atoms with Crippen LogP contribution in [0.1, 0.15) is 5.56 Å². The molecule has 14 heavy (non-hydrogen) atoms. The molecule has 0 aliphatic carbocycles. The Hall–Kier alpha value is -1.13. The van der Waals surface area contributed by atoms with Crippen LogP contribution in [0.15, 0.2) is 29.4 Å². The molecule has 0 fully saturated rings. The lowest BCUT2D eigenvalue weighted by Gasteiger charge is -2.00. The van der Waals surface area contributed by atoms with Gasteiger partial charge in [0.05, 0.1) is 6.54 Å². The van der Waals surface area contributed by atoms with E-state index in [2.05, 4.69) is 10.5 Å². The zero-order valence-corrected chi connectivity index (χ0v) is 8.98. The second-order valence-corrected chi connectivity index (χ2v) is 2.93. The number of guanidine groups is 1. The molecule has 0 amide bonds. The predicted octanol–water partition coefficient (Wildman–Crippen LogP) is 1.04. The van der Waals surface area contributed by atoms with E-state index in [0.29, 0.717) is 11.6 Å². The minimum Gasteiger partial charge on any atom is -0.369 e. The molecule has 1 rings (SSSR count). The highest BCUT2D eigenvalue weighted by molar-refractivity contribution is 6.30. The minimum absolute atomic E-state index is 0. The van der Waals surface area contributed by atoms with Crippen molar-refractivity contribution in [1.82, 2.24) is 5.43 Å². The van der Waals surface area contributed by atoms with Crippen LogP contribution in [0.5, 0.6) is 0 Å². The van der Waals surface area contributed by atoms with Crippen LogP contribution in [0.4, 0.5) is 0 Å². The number of nitrogens with one attached hydrogen (secondary N) is 1. The Morgan fingerprint density at radius 2 is 1.86 bits per heavy atom. The van der Waals surface area contributed by atoms with E-state index in [1.165, 1.54) is 0 Å². The fourth-order valence-corrected chi connectivity index (χ4v) is 0.950. The first-order valence-electron chi connectivity index (χ1n) is 3.74. The minimum atomic E-state index is 0. The molecule has 0 aliphatic rings. The smallest absolute Gasteiger partial charge is 0.208 e. The second-order valence-electron chi connectivity index (χ2n) is 2.50. The number of nitrogens with zero attached hydrogens (tertiary/aromatic N) is 1. The van der Waals surface area contributed by atoms with Crippen LogP contribution < -0.4 is 16.9 Å². The van der Waals surface area contributed by atoms with Crippen molar-refractivity contribution >= 4 is 30.0 Å². The van der Waals surface area contributed by atoms with Crippen LogP contribution in [0.25, 0.3) is 0 Å². The maximum absolute atomic E-state index is 5.71. The Bertz CT molecular complexity index is 293. The standard InChI is InChI=1S/C8H11ClN4.ClH/c9-7-3-1-6(2-4-7)5-12-13-8(10)11;/h1-4,12H,5H2,(H4,10,11,13);1H. The van der Waals surface area contributed by atoms with Gasteiger partial charge in [0.25, 0.3) is 0 Å². The SMILES string of the molecule is Cl.NC(N)=NNCc1ccc(Cl)cc1. The van der Waals surface area contributed by atoms with Crippen molar-refractivity contribution in [2.75, 3.05) is 0 Å². The van der Waals surface area contributed by atoms with E-state index in [4.69, 9.17) is 23.1 Å². The summed E-state index contributed by atoms with van der Waals surface area (Å²) in [5, 5.41) is 4.35. The zero-order chi connectivity index (χ0) is 9.68. The maximum Gasteiger partial charge on any atom is 0.208 e. The van der Waals surface area contributed by atoms with Crippen LogP contribution >= 0.6 is 24.0 Å². The van der Waals surface area contributed by atoms with Gasteiger partial charge in [0, 0.05) is 5.02 Å². The highest BCUT2D eigenvalue weighted by Crippen LogP contribution is 2.08. The molecule has 5 N–H and O–H groups in total. The molecule has 0 saturated carbocycles. The van der Waals surface area contributed by atoms with Gasteiger partial charge in [-0.05, 0) is 17.7 Å². The van der Waals surface area contributed by atoms with Gasteiger partial charge >= 0.3 is 0 Å². The van der Waals surface area contributed by atoms with E-state index in [1.807, 2.05) is 24.3 Å². The number of hydrogen-bond acceptors (Lipinski definition) is 2. The van der Waals surface area contributed by atoms with Crippen LogP contribution in [0.3, 0.4) is 0 Å². The number of hydrogen-bond donors (Lipinski definition) is 3. The molecule has 0 bridgehead atoms. The van der Waals surface area contributed by atoms with Crippen molar-refractivity contribution in [3.8, 4) is 0 Å². The Labute approximate surface area is 93.7 Å². The van der Waals surface area contributed by atoms with Gasteiger partial charge in [-0.15, -0.1) is 17.5 Å². The number of benzene rings is 1. The summed E-state index contributed by atoms with van der Waals surface area (Å²) in [5.74, 6) is 0.0222. The molecule has 0 aliphatic heterocycles. The third-order valence-corrected chi connectivity index (χ3v) is 1.66. The monoisotopic (exact) mass is 234 g/mol. The van der Waals surface area contributed by atoms with E-state index in [-0.39, 0.29) is 18.4 Å². The normalized spacial score (nSPS) is 8.64. The van der Waals surface area contributed by atoms with Crippen molar-refractivity contribution in [3.05, 3.63) is 34.9 Å². The van der Waals surface area contributed by atoms with Crippen LogP contribution in [-0.2, 0) is 6.54 Å². The van der Waals surface area contributed by atoms with Gasteiger partial charge < -0.3 is 16.9 Å². The molecule has 0 unspecified atom stereocenters. The summed E-state index contributed by atoms with van der Waals surface area (Å²) >= 11 is 5.71. The van der Waals surface area contributed by atoms with Gasteiger partial charge in [-0.3, -0.25) is 0 Å². The number of halogens is 2. The molecular formula is C8H12Cl2N4. The molecule has 1 aromatic rings. The van der Waals surface area contributed by atoms with Crippen molar-refractivity contribution in [2.45, 2.75) is 6.54 Å². The Morgan fingerprint density at radius 3 is 2.36 bits per heavy atom. The number of nitrogens with two attached hydrogens (primary N) is 2. The molecule has 0 radical (unpaired) electrons. The molecule has 0 atom stereocenters. The highest BCUT2D eigenvalue weighted by Gasteiger charge is 1.90. The first-order valence-corrected chi connectivity index (χ1v) is 4.12. The van der Waals surface area contributed by atoms with Crippen molar-refractivity contribution in [2.24, 2.45) is 16.6 Å². The van der Waals surface area contributed by atoms with Crippen molar-refractivity contribution < 1.29 is 0 Å². The van der Waals surface area contributed by atoms with E-state index in [0.717, 1.165) is 5.56 Å². The van der Waals surface area contributed by atoms with Gasteiger partial charge in [0.15, 0.2) is 0 Å². The summed E-state index contributed by atoms with van der Waals surface area (Å²) < 4.78 is 0. The van der Waals surface area contributed by atoms with Crippen LogP contribution in [-0.4, -0.2) is 5.96 Å². The molecule has 78 valence electrons. The summed E-state index contributed by atoms with van der Waals surface area (Å²) in [6.45, 7) is 0.578. The average molecular weight is 235 g/mol. The summed E-state index contributed by atoms with van der Waals surface area (Å²) in [5.41, 5.74) is 14.0. The highest BCUT2D eigenvalue weighted by atomic mass is 35.5. The van der Waals surface area contributed by atoms with E-state index in [1.54, 1.807) is 0 Å². The summed E-state index contributed by atoms with van der Waals surface area (Å²) in [6.07, 6.45) is 0. The molecule has 0 spiro atoms. The maximum atomic E-state index is 5.71. The molecule has 0 heterocycles. The molecule has 6 heteroatoms. The Kier molecular flexibility index (Phi) is 5.83. The quantitative estimate of drug-likeness (QED) is 0.416. The number of rotatable bonds is 3. The Morgan fingerprint density at radius 1 is 1.29 bits per heavy atom. The third-order valence-electron chi connectivity index (χ3n) is 1.40. The zero-order valence-electron chi connectivity index (χ0n) is 7.40. The number of hydrazone groups is 1. The fraction of sp³-hybridized carbons (Fsp3) is 0.125. The van der Waals surface area contributed by atoms with Crippen molar-refractivity contribution in [3.63, 3.8) is 0 Å². The largest absolute Gasteiger partial charge is 0.369 e. The average Bonchev–Trinajstić information content (AvgIpc) is 2.08. The van der Waals surface area contributed by atoms with Gasteiger partial charge in [-0.1, -0.05) is 23.7 Å². The van der Waals surface area contributed by atoms with Crippen molar-refractivity contribution in [1.29, 1.82) is 0 Å². The summed E-state index contributed by atoms with van der Waals surface area (Å²) in [4.78, 5) is 0. The topological polar surface area (TPSA) is 76.4 Å². The van der Waals surface area contributed by atoms with Gasteiger partial charge in [0.1, 0.15) is 0 Å². The van der Waals surface area contributed by atoms with Crippen LogP contribution in [0.2, 0.25) is 5.02 Å². The summed E-state index contributed by atoms with van der Waals surface area (Å²) in [7, 11) is 0. The van der Waals surface area contributed by atoms with Crippen LogP contribution in [0, 0.1) is 0 Å². The van der Waals surface area contributed by atoms with E-state index < -0.39 is 0 Å². The molecular weight excluding hydrogens is 223 g/mol. The lowest BCUT2D eigenvalue weighted by molar-refractivity contribution is 0.741. The van der Waals surface area contributed by atoms with Gasteiger partial charge in [0.2, 0.25) is 5.96 Å². The lowest BCUT2D eigenvalue weighted by atomic mass is 10.2.